The second kappa shape index (κ2) is 6.74. The van der Waals surface area contributed by atoms with Gasteiger partial charge in [0.2, 0.25) is 15.9 Å². The van der Waals surface area contributed by atoms with E-state index < -0.39 is 10.0 Å². The summed E-state index contributed by atoms with van der Waals surface area (Å²) in [6.07, 6.45) is 2.15. The lowest BCUT2D eigenvalue weighted by molar-refractivity contribution is -0.117. The fourth-order valence-electron chi connectivity index (χ4n) is 3.35. The van der Waals surface area contributed by atoms with E-state index in [0.29, 0.717) is 19.6 Å². The Morgan fingerprint density at radius 3 is 2.81 bits per heavy atom. The summed E-state index contributed by atoms with van der Waals surface area (Å²) in [5.41, 5.74) is 2.55. The maximum atomic E-state index is 12.6. The number of sulfonamides is 1. The summed E-state index contributed by atoms with van der Waals surface area (Å²) in [6.45, 7) is 1.48. The minimum Gasteiger partial charge on any atom is -0.493 e. The molecule has 0 bridgehead atoms. The molecule has 1 amide bonds. The number of nitrogens with zero attached hydrogens (tertiary/aromatic N) is 1. The van der Waals surface area contributed by atoms with Crippen LogP contribution in [-0.4, -0.2) is 27.5 Å². The number of hydrogen-bond acceptors (Lipinski definition) is 4. The van der Waals surface area contributed by atoms with E-state index in [1.807, 2.05) is 24.3 Å². The van der Waals surface area contributed by atoms with Gasteiger partial charge in [-0.15, -0.1) is 0 Å². The van der Waals surface area contributed by atoms with E-state index in [0.717, 1.165) is 35.4 Å². The summed E-state index contributed by atoms with van der Waals surface area (Å²) < 4.78 is 33.2. The van der Waals surface area contributed by atoms with Crippen LogP contribution < -0.4 is 14.4 Å². The number of rotatable bonds is 5. The zero-order valence-electron chi connectivity index (χ0n) is 14.3. The summed E-state index contributed by atoms with van der Waals surface area (Å²) in [5.74, 6) is 0.870. The summed E-state index contributed by atoms with van der Waals surface area (Å²) in [7, 11) is -3.61. The lowest BCUT2D eigenvalue weighted by Crippen LogP contribution is -2.25. The van der Waals surface area contributed by atoms with Crippen LogP contribution in [0.2, 0.25) is 0 Å². The Hall–Kier alpha value is -2.38. The third-order valence-corrected chi connectivity index (χ3v) is 6.13. The third-order valence-electron chi connectivity index (χ3n) is 4.73. The van der Waals surface area contributed by atoms with Gasteiger partial charge in [0.05, 0.1) is 11.5 Å². The Balaban J connectivity index is 1.49. The number of anilines is 1. The number of hydrogen-bond donors (Lipinski definition) is 1. The van der Waals surface area contributed by atoms with E-state index >= 15 is 0 Å². The highest BCUT2D eigenvalue weighted by atomic mass is 32.2. The molecule has 6 nitrogen and oxygen atoms in total. The van der Waals surface area contributed by atoms with E-state index in [9.17, 15) is 13.2 Å². The lowest BCUT2D eigenvalue weighted by Gasteiger charge is -2.16. The van der Waals surface area contributed by atoms with Crippen LogP contribution >= 0.6 is 0 Å². The maximum absolute atomic E-state index is 12.6. The molecule has 0 unspecified atom stereocenters. The van der Waals surface area contributed by atoms with E-state index in [-0.39, 0.29) is 17.3 Å². The minimum absolute atomic E-state index is 0.114. The second-order valence-corrected chi connectivity index (χ2v) is 8.28. The van der Waals surface area contributed by atoms with Crippen LogP contribution in [0.1, 0.15) is 24.0 Å². The van der Waals surface area contributed by atoms with Crippen molar-refractivity contribution in [2.75, 3.05) is 18.1 Å². The summed E-state index contributed by atoms with van der Waals surface area (Å²) in [6, 6.07) is 12.4. The fraction of sp³-hybridized carbons (Fsp3) is 0.316. The number of amides is 1. The number of fused-ring (bicyclic) bond motifs is 1. The van der Waals surface area contributed by atoms with Gasteiger partial charge in [-0.2, -0.15) is 0 Å². The van der Waals surface area contributed by atoms with Crippen LogP contribution in [0.4, 0.5) is 5.69 Å². The first-order valence-electron chi connectivity index (χ1n) is 8.68. The van der Waals surface area contributed by atoms with Gasteiger partial charge in [-0.25, -0.2) is 13.1 Å². The Morgan fingerprint density at radius 1 is 1.12 bits per heavy atom. The molecule has 0 spiro atoms. The van der Waals surface area contributed by atoms with Crippen LogP contribution in [0.3, 0.4) is 0 Å². The molecule has 0 aliphatic carbocycles. The predicted octanol–water partition coefficient (Wildman–Crippen LogP) is 2.23. The SMILES string of the molecule is O=C1CCCN1c1cccc(CNS(=O)(=O)c2ccc3c(c2)CCO3)c1. The van der Waals surface area contributed by atoms with Crippen LogP contribution in [0.25, 0.3) is 0 Å². The zero-order valence-corrected chi connectivity index (χ0v) is 15.1. The molecule has 2 heterocycles. The molecule has 0 radical (unpaired) electrons. The molecule has 1 fully saturated rings. The highest BCUT2D eigenvalue weighted by molar-refractivity contribution is 7.89. The number of carbonyl (C=O) groups is 1. The molecule has 136 valence electrons. The van der Waals surface area contributed by atoms with Crippen molar-refractivity contribution in [2.24, 2.45) is 0 Å². The van der Waals surface area contributed by atoms with Gasteiger partial charge in [0.25, 0.3) is 0 Å². The lowest BCUT2D eigenvalue weighted by atomic mass is 10.2. The molecule has 0 atom stereocenters. The Kier molecular flexibility index (Phi) is 4.42. The molecule has 1 saturated heterocycles. The zero-order chi connectivity index (χ0) is 18.1. The molecule has 2 aliphatic heterocycles. The predicted molar refractivity (Wildman–Crippen MR) is 97.7 cm³/mol. The van der Waals surface area contributed by atoms with Gasteiger partial charge in [0.1, 0.15) is 5.75 Å². The standard InChI is InChI=1S/C19H20N2O4S/c22-19-5-2-9-21(19)16-4-1-3-14(11-16)13-20-26(23,24)17-6-7-18-15(12-17)8-10-25-18/h1,3-4,6-7,11-12,20H,2,5,8-10,13H2. The number of carbonyl (C=O) groups excluding carboxylic acids is 1. The smallest absolute Gasteiger partial charge is 0.240 e. The highest BCUT2D eigenvalue weighted by Crippen LogP contribution is 2.28. The monoisotopic (exact) mass is 372 g/mol. The quantitative estimate of drug-likeness (QED) is 0.873. The Bertz CT molecular complexity index is 956. The van der Waals surface area contributed by atoms with Crippen molar-refractivity contribution in [1.29, 1.82) is 0 Å². The van der Waals surface area contributed by atoms with Crippen LogP contribution in [-0.2, 0) is 27.8 Å². The van der Waals surface area contributed by atoms with Gasteiger partial charge in [-0.05, 0) is 47.9 Å². The summed E-state index contributed by atoms with van der Waals surface area (Å²) >= 11 is 0. The van der Waals surface area contributed by atoms with Gasteiger partial charge in [-0.3, -0.25) is 4.79 Å². The van der Waals surface area contributed by atoms with E-state index in [1.165, 1.54) is 0 Å². The second-order valence-electron chi connectivity index (χ2n) is 6.51. The van der Waals surface area contributed by atoms with Gasteiger partial charge >= 0.3 is 0 Å². The molecule has 1 N–H and O–H groups in total. The van der Waals surface area contributed by atoms with Crippen molar-refractivity contribution in [3.63, 3.8) is 0 Å². The molecule has 2 aromatic carbocycles. The van der Waals surface area contributed by atoms with Crippen molar-refractivity contribution < 1.29 is 17.9 Å². The molecule has 7 heteroatoms. The largest absolute Gasteiger partial charge is 0.493 e. The topological polar surface area (TPSA) is 75.7 Å². The van der Waals surface area contributed by atoms with Crippen molar-refractivity contribution in [3.05, 3.63) is 53.6 Å². The van der Waals surface area contributed by atoms with Crippen LogP contribution in [0.5, 0.6) is 5.75 Å². The Morgan fingerprint density at radius 2 is 2.00 bits per heavy atom. The number of ether oxygens (including phenoxy) is 1. The highest BCUT2D eigenvalue weighted by Gasteiger charge is 2.22. The third kappa shape index (κ3) is 3.32. The summed E-state index contributed by atoms with van der Waals surface area (Å²) in [5, 5.41) is 0. The fourth-order valence-corrected chi connectivity index (χ4v) is 4.42. The first-order valence-corrected chi connectivity index (χ1v) is 10.2. The van der Waals surface area contributed by atoms with Gasteiger partial charge in [0.15, 0.2) is 0 Å². The first kappa shape index (κ1) is 17.1. The van der Waals surface area contributed by atoms with E-state index in [2.05, 4.69) is 4.72 Å². The molecule has 0 aromatic heterocycles. The number of benzene rings is 2. The molecular weight excluding hydrogens is 352 g/mol. The van der Waals surface area contributed by atoms with E-state index in [4.69, 9.17) is 4.74 Å². The minimum atomic E-state index is -3.61. The van der Waals surface area contributed by atoms with Crippen molar-refractivity contribution >= 4 is 21.6 Å². The van der Waals surface area contributed by atoms with Crippen molar-refractivity contribution in [1.82, 2.24) is 4.72 Å². The molecule has 2 aromatic rings. The van der Waals surface area contributed by atoms with Gasteiger partial charge < -0.3 is 9.64 Å². The van der Waals surface area contributed by atoms with Crippen LogP contribution in [0, 0.1) is 0 Å². The van der Waals surface area contributed by atoms with Crippen LogP contribution in [0.15, 0.2) is 47.4 Å². The number of nitrogens with one attached hydrogen (secondary N) is 1. The molecule has 2 aliphatic rings. The molecule has 0 saturated carbocycles. The molecular formula is C19H20N2O4S. The molecule has 26 heavy (non-hydrogen) atoms. The van der Waals surface area contributed by atoms with E-state index in [1.54, 1.807) is 23.1 Å². The maximum Gasteiger partial charge on any atom is 0.240 e. The van der Waals surface area contributed by atoms with Gasteiger partial charge in [-0.1, -0.05) is 12.1 Å². The van der Waals surface area contributed by atoms with Crippen molar-refractivity contribution in [3.8, 4) is 5.75 Å². The average molecular weight is 372 g/mol. The van der Waals surface area contributed by atoms with Crippen molar-refractivity contribution in [2.45, 2.75) is 30.7 Å². The summed E-state index contributed by atoms with van der Waals surface area (Å²) in [4.78, 5) is 13.9. The Labute approximate surface area is 152 Å². The first-order chi connectivity index (χ1) is 12.5. The molecule has 4 rings (SSSR count). The average Bonchev–Trinajstić information content (AvgIpc) is 3.28. The normalized spacial score (nSPS) is 16.6. The van der Waals surface area contributed by atoms with Gasteiger partial charge in [0, 0.05) is 31.6 Å².